The van der Waals surface area contributed by atoms with Gasteiger partial charge in [0.25, 0.3) is 0 Å². The Morgan fingerprint density at radius 1 is 1.80 bits per heavy atom. The van der Waals surface area contributed by atoms with Gasteiger partial charge in [0.05, 0.1) is 13.2 Å². The summed E-state index contributed by atoms with van der Waals surface area (Å²) >= 11 is 0. The van der Waals surface area contributed by atoms with E-state index in [-0.39, 0.29) is 18.0 Å². The molecule has 0 aromatic carbocycles. The maximum absolute atomic E-state index is 10.6. The van der Waals surface area contributed by atoms with Crippen molar-refractivity contribution in [1.29, 1.82) is 0 Å². The molecule has 0 aromatic heterocycles. The second kappa shape index (κ2) is 2.58. The molecule has 3 heteroatoms. The number of aliphatic hydroxyl groups is 1. The van der Waals surface area contributed by atoms with Crippen molar-refractivity contribution in [3.63, 3.8) is 0 Å². The van der Waals surface area contributed by atoms with Crippen molar-refractivity contribution in [2.75, 3.05) is 13.2 Å². The molecule has 1 heterocycles. The maximum Gasteiger partial charge on any atom is 0.305 e. The molecule has 10 heavy (non-hydrogen) atoms. The maximum atomic E-state index is 10.6. The standard InChI is InChI=1S/C7H12O3/c1-7(4-8)3-2-6(9)10-5-7/h8H,2-5H2,1H3. The fraction of sp³-hybridized carbons (Fsp3) is 0.857. The lowest BCUT2D eigenvalue weighted by Gasteiger charge is -2.30. The van der Waals surface area contributed by atoms with E-state index >= 15 is 0 Å². The molecule has 1 rings (SSSR count). The van der Waals surface area contributed by atoms with Gasteiger partial charge in [-0.2, -0.15) is 0 Å². The monoisotopic (exact) mass is 144 g/mol. The number of esters is 1. The van der Waals surface area contributed by atoms with Crippen molar-refractivity contribution in [2.45, 2.75) is 19.8 Å². The van der Waals surface area contributed by atoms with Gasteiger partial charge in [0.1, 0.15) is 0 Å². The Morgan fingerprint density at radius 2 is 2.50 bits per heavy atom. The summed E-state index contributed by atoms with van der Waals surface area (Å²) in [7, 11) is 0. The highest BCUT2D eigenvalue weighted by molar-refractivity contribution is 5.70. The first-order chi connectivity index (χ1) is 4.66. The van der Waals surface area contributed by atoms with E-state index in [1.165, 1.54) is 0 Å². The third-order valence-electron chi connectivity index (χ3n) is 1.90. The van der Waals surface area contributed by atoms with Crippen LogP contribution in [0.1, 0.15) is 19.8 Å². The summed E-state index contributed by atoms with van der Waals surface area (Å²) in [4.78, 5) is 10.6. The highest BCUT2D eigenvalue weighted by Crippen LogP contribution is 2.27. The number of carbonyl (C=O) groups is 1. The fourth-order valence-corrected chi connectivity index (χ4v) is 0.928. The van der Waals surface area contributed by atoms with Gasteiger partial charge in [0.15, 0.2) is 0 Å². The van der Waals surface area contributed by atoms with Crippen LogP contribution in [-0.2, 0) is 9.53 Å². The van der Waals surface area contributed by atoms with Crippen LogP contribution in [0.4, 0.5) is 0 Å². The van der Waals surface area contributed by atoms with Crippen LogP contribution in [0.2, 0.25) is 0 Å². The van der Waals surface area contributed by atoms with E-state index < -0.39 is 0 Å². The van der Waals surface area contributed by atoms with Gasteiger partial charge in [0.2, 0.25) is 0 Å². The molecule has 0 spiro atoms. The second-order valence-corrected chi connectivity index (χ2v) is 3.13. The minimum absolute atomic E-state index is 0.0975. The molecule has 0 saturated carbocycles. The van der Waals surface area contributed by atoms with E-state index in [1.807, 2.05) is 6.92 Å². The number of aliphatic hydroxyl groups excluding tert-OH is 1. The predicted octanol–water partition coefficient (Wildman–Crippen LogP) is 0.322. The molecule has 1 aliphatic rings. The predicted molar refractivity (Wildman–Crippen MR) is 35.4 cm³/mol. The molecule has 1 fully saturated rings. The van der Waals surface area contributed by atoms with Gasteiger partial charge in [0, 0.05) is 11.8 Å². The number of rotatable bonds is 1. The zero-order valence-corrected chi connectivity index (χ0v) is 6.09. The molecular weight excluding hydrogens is 132 g/mol. The third-order valence-corrected chi connectivity index (χ3v) is 1.90. The normalized spacial score (nSPS) is 33.6. The molecule has 1 aliphatic heterocycles. The first-order valence-electron chi connectivity index (χ1n) is 3.43. The Labute approximate surface area is 60.0 Å². The largest absolute Gasteiger partial charge is 0.465 e. The minimum Gasteiger partial charge on any atom is -0.465 e. The summed E-state index contributed by atoms with van der Waals surface area (Å²) < 4.78 is 4.79. The average molecular weight is 144 g/mol. The zero-order valence-electron chi connectivity index (χ0n) is 6.09. The molecule has 1 N–H and O–H groups in total. The number of carbonyl (C=O) groups excluding carboxylic acids is 1. The average Bonchev–Trinajstić information content (AvgIpc) is 1.96. The molecule has 3 nitrogen and oxygen atoms in total. The SMILES string of the molecule is CC1(CO)CCC(=O)OC1. The first-order valence-corrected chi connectivity index (χ1v) is 3.43. The Kier molecular flexibility index (Phi) is 1.94. The van der Waals surface area contributed by atoms with Crippen molar-refractivity contribution >= 4 is 5.97 Å². The Hall–Kier alpha value is -0.570. The van der Waals surface area contributed by atoms with Gasteiger partial charge in [-0.05, 0) is 6.42 Å². The van der Waals surface area contributed by atoms with Gasteiger partial charge in [-0.25, -0.2) is 0 Å². The summed E-state index contributed by atoms with van der Waals surface area (Å²) in [6, 6.07) is 0. The summed E-state index contributed by atoms with van der Waals surface area (Å²) in [5.41, 5.74) is -0.187. The number of ether oxygens (including phenoxy) is 1. The smallest absolute Gasteiger partial charge is 0.305 e. The van der Waals surface area contributed by atoms with Crippen LogP contribution in [-0.4, -0.2) is 24.3 Å². The molecule has 1 unspecified atom stereocenters. The van der Waals surface area contributed by atoms with E-state index in [9.17, 15) is 4.79 Å². The van der Waals surface area contributed by atoms with Gasteiger partial charge in [-0.1, -0.05) is 6.92 Å². The molecule has 1 atom stereocenters. The van der Waals surface area contributed by atoms with Gasteiger partial charge in [-0.15, -0.1) is 0 Å². The van der Waals surface area contributed by atoms with Crippen LogP contribution in [0.25, 0.3) is 0 Å². The topological polar surface area (TPSA) is 46.5 Å². The van der Waals surface area contributed by atoms with Crippen LogP contribution >= 0.6 is 0 Å². The van der Waals surface area contributed by atoms with Gasteiger partial charge < -0.3 is 9.84 Å². The fourth-order valence-electron chi connectivity index (χ4n) is 0.928. The molecule has 1 saturated heterocycles. The van der Waals surface area contributed by atoms with Crippen molar-refractivity contribution in [3.05, 3.63) is 0 Å². The summed E-state index contributed by atoms with van der Waals surface area (Å²) in [5, 5.41) is 8.85. The summed E-state index contributed by atoms with van der Waals surface area (Å²) in [5.74, 6) is -0.147. The lowest BCUT2D eigenvalue weighted by atomic mass is 9.86. The van der Waals surface area contributed by atoms with Crippen molar-refractivity contribution in [2.24, 2.45) is 5.41 Å². The Morgan fingerprint density at radius 3 is 2.90 bits per heavy atom. The minimum atomic E-state index is -0.187. The second-order valence-electron chi connectivity index (χ2n) is 3.13. The number of hydrogen-bond acceptors (Lipinski definition) is 3. The lowest BCUT2D eigenvalue weighted by molar-refractivity contribution is -0.155. The molecule has 58 valence electrons. The van der Waals surface area contributed by atoms with E-state index in [0.717, 1.165) is 6.42 Å². The van der Waals surface area contributed by atoms with Crippen LogP contribution in [0.15, 0.2) is 0 Å². The van der Waals surface area contributed by atoms with Crippen molar-refractivity contribution < 1.29 is 14.6 Å². The van der Waals surface area contributed by atoms with Crippen LogP contribution < -0.4 is 0 Å². The quantitative estimate of drug-likeness (QED) is 0.539. The molecule has 0 amide bonds. The number of hydrogen-bond donors (Lipinski definition) is 1. The van der Waals surface area contributed by atoms with Crippen LogP contribution in [0.3, 0.4) is 0 Å². The molecule has 0 bridgehead atoms. The first kappa shape index (κ1) is 7.54. The molecule has 0 aromatic rings. The summed E-state index contributed by atoms with van der Waals surface area (Å²) in [6.07, 6.45) is 1.18. The van der Waals surface area contributed by atoms with E-state index in [1.54, 1.807) is 0 Å². The number of cyclic esters (lactones) is 1. The van der Waals surface area contributed by atoms with Crippen LogP contribution in [0, 0.1) is 5.41 Å². The molecule has 0 aliphatic carbocycles. The van der Waals surface area contributed by atoms with Gasteiger partial charge >= 0.3 is 5.97 Å². The van der Waals surface area contributed by atoms with Crippen LogP contribution in [0.5, 0.6) is 0 Å². The molecule has 0 radical (unpaired) electrons. The lowest BCUT2D eigenvalue weighted by Crippen LogP contribution is -2.34. The van der Waals surface area contributed by atoms with E-state index in [2.05, 4.69) is 0 Å². The summed E-state index contributed by atoms with van der Waals surface area (Å²) in [6.45, 7) is 2.38. The molecular formula is C7H12O3. The van der Waals surface area contributed by atoms with Crippen molar-refractivity contribution in [1.82, 2.24) is 0 Å². The zero-order chi connectivity index (χ0) is 7.61. The van der Waals surface area contributed by atoms with E-state index in [4.69, 9.17) is 9.84 Å². The highest BCUT2D eigenvalue weighted by Gasteiger charge is 2.30. The Balaban J connectivity index is 2.46. The Bertz CT molecular complexity index is 132. The highest BCUT2D eigenvalue weighted by atomic mass is 16.5. The van der Waals surface area contributed by atoms with Gasteiger partial charge in [-0.3, -0.25) is 4.79 Å². The van der Waals surface area contributed by atoms with Crippen molar-refractivity contribution in [3.8, 4) is 0 Å². The third kappa shape index (κ3) is 1.48. The van der Waals surface area contributed by atoms with E-state index in [0.29, 0.717) is 13.0 Å².